The molecule has 3 rings (SSSR count). The molecule has 0 saturated carbocycles. The van der Waals surface area contributed by atoms with E-state index in [-0.39, 0.29) is 12.0 Å². The van der Waals surface area contributed by atoms with Crippen LogP contribution in [-0.2, 0) is 24.1 Å². The summed E-state index contributed by atoms with van der Waals surface area (Å²) < 4.78 is 7.01. The van der Waals surface area contributed by atoms with Gasteiger partial charge in [-0.25, -0.2) is 4.79 Å². The third kappa shape index (κ3) is 4.98. The van der Waals surface area contributed by atoms with E-state index in [9.17, 15) is 4.79 Å². The Kier molecular flexibility index (Phi) is 7.29. The number of nitrogens with one attached hydrogen (secondary N) is 2. The number of esters is 1. The summed E-state index contributed by atoms with van der Waals surface area (Å²) >= 11 is 7.21. The first-order valence-electron chi connectivity index (χ1n) is 10.3. The first-order chi connectivity index (χ1) is 13.9. The van der Waals surface area contributed by atoms with Crippen molar-refractivity contribution in [3.63, 3.8) is 0 Å². The Hall–Kier alpha value is -1.93. The number of aromatic nitrogens is 2. The fourth-order valence-corrected chi connectivity index (χ4v) is 5.48. The van der Waals surface area contributed by atoms with Gasteiger partial charge in [0.2, 0.25) is 0 Å². The summed E-state index contributed by atoms with van der Waals surface area (Å²) in [5.74, 6) is -0.290. The number of aryl methyl sites for hydroxylation is 3. The molecule has 2 aromatic rings. The van der Waals surface area contributed by atoms with E-state index in [4.69, 9.17) is 17.0 Å². The molecule has 1 aliphatic carbocycles. The normalized spacial score (nSPS) is 15.0. The Morgan fingerprint density at radius 3 is 2.72 bits per heavy atom. The number of carbonyl (C=O) groups excluding carboxylic acids is 1. The molecule has 1 atom stereocenters. The predicted octanol–water partition coefficient (Wildman–Crippen LogP) is 4.77. The summed E-state index contributed by atoms with van der Waals surface area (Å²) in [6.07, 6.45) is 8.70. The minimum atomic E-state index is -0.290. The van der Waals surface area contributed by atoms with Gasteiger partial charge < -0.3 is 15.4 Å². The fraction of sp³-hybridized carbons (Fsp3) is 0.571. The lowest BCUT2D eigenvalue weighted by molar-refractivity contribution is 0.0601. The van der Waals surface area contributed by atoms with E-state index in [0.29, 0.717) is 10.7 Å². The molecule has 0 aliphatic heterocycles. The highest BCUT2D eigenvalue weighted by Gasteiger charge is 2.25. The van der Waals surface area contributed by atoms with Crippen LogP contribution in [0.4, 0.5) is 5.00 Å². The van der Waals surface area contributed by atoms with Crippen LogP contribution in [0.15, 0.2) is 6.20 Å². The van der Waals surface area contributed by atoms with E-state index in [1.54, 1.807) is 11.3 Å². The highest BCUT2D eigenvalue weighted by atomic mass is 32.1. The molecular weight excluding hydrogens is 404 g/mol. The van der Waals surface area contributed by atoms with Crippen molar-refractivity contribution in [1.29, 1.82) is 0 Å². The first kappa shape index (κ1) is 21.8. The summed E-state index contributed by atoms with van der Waals surface area (Å²) in [5, 5.41) is 12.4. The zero-order valence-corrected chi connectivity index (χ0v) is 19.3. The second-order valence-corrected chi connectivity index (χ2v) is 8.97. The Morgan fingerprint density at radius 2 is 2.07 bits per heavy atom. The second kappa shape index (κ2) is 9.71. The molecule has 0 fully saturated rings. The Labute approximate surface area is 182 Å². The van der Waals surface area contributed by atoms with Crippen molar-refractivity contribution in [3.05, 3.63) is 33.5 Å². The van der Waals surface area contributed by atoms with Crippen molar-refractivity contribution in [1.82, 2.24) is 15.1 Å². The average molecular weight is 435 g/mol. The van der Waals surface area contributed by atoms with E-state index < -0.39 is 0 Å². The number of hydrogen-bond acceptors (Lipinski definition) is 5. The van der Waals surface area contributed by atoms with Gasteiger partial charge in [0.15, 0.2) is 5.11 Å². The van der Waals surface area contributed by atoms with Gasteiger partial charge in [-0.15, -0.1) is 11.3 Å². The quantitative estimate of drug-likeness (QED) is 0.522. The molecule has 6 nitrogen and oxygen atoms in total. The number of thiocarbonyl (C=S) groups is 1. The van der Waals surface area contributed by atoms with Crippen molar-refractivity contribution in [3.8, 4) is 0 Å². The van der Waals surface area contributed by atoms with E-state index in [2.05, 4.69) is 29.6 Å². The monoisotopic (exact) mass is 434 g/mol. The molecule has 2 N–H and O–H groups in total. The van der Waals surface area contributed by atoms with Crippen LogP contribution in [0.25, 0.3) is 0 Å². The van der Waals surface area contributed by atoms with Gasteiger partial charge in [0.25, 0.3) is 0 Å². The van der Waals surface area contributed by atoms with Crippen LogP contribution in [0, 0.1) is 6.92 Å². The predicted molar refractivity (Wildman–Crippen MR) is 122 cm³/mol. The lowest BCUT2D eigenvalue weighted by atomic mass is 9.96. The highest BCUT2D eigenvalue weighted by Crippen LogP contribution is 2.37. The smallest absolute Gasteiger partial charge is 0.341 e. The number of fused-ring (bicyclic) bond motifs is 1. The van der Waals surface area contributed by atoms with Crippen molar-refractivity contribution in [2.24, 2.45) is 0 Å². The molecule has 158 valence electrons. The van der Waals surface area contributed by atoms with Crippen LogP contribution in [0.3, 0.4) is 0 Å². The number of ether oxygens (including phenoxy) is 1. The largest absolute Gasteiger partial charge is 0.465 e. The lowest BCUT2D eigenvalue weighted by Crippen LogP contribution is -2.31. The molecule has 0 amide bonds. The fourth-order valence-electron chi connectivity index (χ4n) is 3.86. The van der Waals surface area contributed by atoms with Gasteiger partial charge in [0.1, 0.15) is 5.00 Å². The first-order valence-corrected chi connectivity index (χ1v) is 11.5. The van der Waals surface area contributed by atoms with E-state index in [1.165, 1.54) is 24.8 Å². The summed E-state index contributed by atoms with van der Waals surface area (Å²) in [7, 11) is 1.44. The third-order valence-corrected chi connectivity index (χ3v) is 6.84. The molecule has 0 saturated heterocycles. The molecule has 8 heteroatoms. The van der Waals surface area contributed by atoms with Crippen molar-refractivity contribution in [2.45, 2.75) is 71.9 Å². The molecule has 1 aliphatic rings. The topological polar surface area (TPSA) is 68.2 Å². The summed E-state index contributed by atoms with van der Waals surface area (Å²) in [5.41, 5.74) is 3.90. The molecule has 2 aromatic heterocycles. The van der Waals surface area contributed by atoms with Gasteiger partial charge in [0, 0.05) is 23.2 Å². The number of anilines is 1. The zero-order chi connectivity index (χ0) is 21.0. The Morgan fingerprint density at radius 1 is 1.34 bits per heavy atom. The van der Waals surface area contributed by atoms with Gasteiger partial charge in [-0.2, -0.15) is 5.10 Å². The Bertz CT molecular complexity index is 888. The van der Waals surface area contributed by atoms with Gasteiger partial charge in [-0.3, -0.25) is 4.68 Å². The minimum Gasteiger partial charge on any atom is -0.465 e. The summed E-state index contributed by atoms with van der Waals surface area (Å²) in [4.78, 5) is 13.8. The van der Waals surface area contributed by atoms with E-state index in [0.717, 1.165) is 54.0 Å². The van der Waals surface area contributed by atoms with Crippen molar-refractivity contribution in [2.75, 3.05) is 12.4 Å². The average Bonchev–Trinajstić information content (AvgIpc) is 3.21. The second-order valence-electron chi connectivity index (χ2n) is 7.46. The summed E-state index contributed by atoms with van der Waals surface area (Å²) in [6, 6.07) is 0.0119. The molecule has 0 spiro atoms. The van der Waals surface area contributed by atoms with Crippen LogP contribution in [-0.4, -0.2) is 28.0 Å². The number of rotatable bonds is 5. The number of methoxy groups -OCH3 is 1. The highest BCUT2D eigenvalue weighted by molar-refractivity contribution is 7.80. The Balaban J connectivity index is 1.79. The van der Waals surface area contributed by atoms with Crippen LogP contribution >= 0.6 is 23.6 Å². The minimum absolute atomic E-state index is 0.0119. The van der Waals surface area contributed by atoms with Gasteiger partial charge >= 0.3 is 5.97 Å². The number of carbonyl (C=O) groups is 1. The molecule has 0 aromatic carbocycles. The van der Waals surface area contributed by atoms with Gasteiger partial charge in [-0.1, -0.05) is 12.8 Å². The number of nitrogens with zero attached hydrogens (tertiary/aromatic N) is 2. The molecule has 1 unspecified atom stereocenters. The maximum atomic E-state index is 12.5. The molecule has 29 heavy (non-hydrogen) atoms. The van der Waals surface area contributed by atoms with Crippen molar-refractivity contribution < 1.29 is 9.53 Å². The summed E-state index contributed by atoms with van der Waals surface area (Å²) in [6.45, 7) is 6.97. The maximum absolute atomic E-state index is 12.5. The van der Waals surface area contributed by atoms with Gasteiger partial charge in [0.05, 0.1) is 24.4 Å². The lowest BCUT2D eigenvalue weighted by Gasteiger charge is -2.16. The van der Waals surface area contributed by atoms with Crippen LogP contribution in [0.2, 0.25) is 0 Å². The SMILES string of the molecule is CCn1cc(C(C)NC(=S)Nc2sc3c(c2C(=O)OC)CCCCCC3)c(C)n1. The van der Waals surface area contributed by atoms with Gasteiger partial charge in [-0.05, 0) is 64.2 Å². The number of hydrogen-bond donors (Lipinski definition) is 2. The molecule has 0 bridgehead atoms. The number of thiophene rings is 1. The maximum Gasteiger partial charge on any atom is 0.341 e. The standard InChI is InChI=1S/C21H30N4O2S2/c1-5-25-12-16(14(3)24-25)13(2)22-21(28)23-19-18(20(26)27-4)15-10-8-6-7-9-11-17(15)29-19/h12-13H,5-11H2,1-4H3,(H2,22,23,28). The zero-order valence-electron chi connectivity index (χ0n) is 17.6. The van der Waals surface area contributed by atoms with E-state index in [1.807, 2.05) is 17.8 Å². The van der Waals surface area contributed by atoms with Crippen molar-refractivity contribution >= 4 is 39.6 Å². The van der Waals surface area contributed by atoms with Crippen LogP contribution in [0.5, 0.6) is 0 Å². The molecule has 2 heterocycles. The molecule has 0 radical (unpaired) electrons. The van der Waals surface area contributed by atoms with Crippen LogP contribution < -0.4 is 10.6 Å². The third-order valence-electron chi connectivity index (χ3n) is 5.41. The molecular formula is C21H30N4O2S2. The van der Waals surface area contributed by atoms with Crippen LogP contribution in [0.1, 0.15) is 77.6 Å². The van der Waals surface area contributed by atoms with E-state index >= 15 is 0 Å².